The van der Waals surface area contributed by atoms with Gasteiger partial charge in [0.15, 0.2) is 16.0 Å². The van der Waals surface area contributed by atoms with E-state index in [0.717, 1.165) is 22.2 Å². The van der Waals surface area contributed by atoms with Crippen LogP contribution in [0.5, 0.6) is 0 Å². The largest absolute Gasteiger partial charge is 0.451 e. The van der Waals surface area contributed by atoms with E-state index in [1.54, 1.807) is 0 Å². The van der Waals surface area contributed by atoms with Crippen LogP contribution in [0.1, 0.15) is 16.1 Å². The van der Waals surface area contributed by atoms with E-state index >= 15 is 0 Å². The second-order valence-electron chi connectivity index (χ2n) is 5.86. The molecular formula is C20H15N3O2S2. The van der Waals surface area contributed by atoms with Gasteiger partial charge in [0.25, 0.3) is 5.91 Å². The van der Waals surface area contributed by atoms with Crippen molar-refractivity contribution in [1.29, 1.82) is 0 Å². The lowest BCUT2D eigenvalue weighted by molar-refractivity contribution is 0.0952. The minimum Gasteiger partial charge on any atom is -0.451 e. The predicted molar refractivity (Wildman–Crippen MR) is 112 cm³/mol. The first kappa shape index (κ1) is 17.4. The van der Waals surface area contributed by atoms with Gasteiger partial charge in [-0.2, -0.15) is 0 Å². The summed E-state index contributed by atoms with van der Waals surface area (Å²) in [4.78, 5) is 17.0. The summed E-state index contributed by atoms with van der Waals surface area (Å²) in [5.74, 6) is -0.134. The lowest BCUT2D eigenvalue weighted by atomic mass is 10.1. The summed E-state index contributed by atoms with van der Waals surface area (Å²) in [6.07, 6.45) is 0. The molecule has 134 valence electrons. The van der Waals surface area contributed by atoms with Crippen LogP contribution in [-0.4, -0.2) is 16.0 Å². The Morgan fingerprint density at radius 3 is 2.63 bits per heavy atom. The van der Waals surface area contributed by atoms with E-state index in [0.29, 0.717) is 10.7 Å². The molecule has 0 spiro atoms. The molecule has 2 aromatic carbocycles. The Balaban J connectivity index is 1.45. The highest BCUT2D eigenvalue weighted by molar-refractivity contribution is 7.80. The molecule has 27 heavy (non-hydrogen) atoms. The first-order valence-electron chi connectivity index (χ1n) is 8.23. The number of nitrogens with one attached hydrogen (secondary N) is 2. The maximum Gasteiger partial charge on any atom is 0.293 e. The normalized spacial score (nSPS) is 10.7. The van der Waals surface area contributed by atoms with E-state index in [-0.39, 0.29) is 16.8 Å². The SMILES string of the molecule is Cc1c(C(=O)NC(=S)Nc2nc(-c3ccccc3)cs2)oc2ccccc12. The maximum absolute atomic E-state index is 12.5. The van der Waals surface area contributed by atoms with E-state index in [1.165, 1.54) is 11.3 Å². The fourth-order valence-electron chi connectivity index (χ4n) is 2.75. The van der Waals surface area contributed by atoms with Gasteiger partial charge in [0, 0.05) is 21.9 Å². The zero-order valence-electron chi connectivity index (χ0n) is 14.4. The molecule has 2 aromatic heterocycles. The van der Waals surface area contributed by atoms with Crippen LogP contribution >= 0.6 is 23.6 Å². The van der Waals surface area contributed by atoms with Crippen molar-refractivity contribution in [3.05, 3.63) is 71.3 Å². The quantitative estimate of drug-likeness (QED) is 0.480. The molecule has 5 nitrogen and oxygen atoms in total. The molecule has 0 aliphatic carbocycles. The van der Waals surface area contributed by atoms with Crippen LogP contribution in [-0.2, 0) is 0 Å². The van der Waals surface area contributed by atoms with Crippen molar-refractivity contribution < 1.29 is 9.21 Å². The smallest absolute Gasteiger partial charge is 0.293 e. The van der Waals surface area contributed by atoms with Gasteiger partial charge in [0.1, 0.15) is 5.58 Å². The highest BCUT2D eigenvalue weighted by atomic mass is 32.1. The number of hydrogen-bond acceptors (Lipinski definition) is 5. The summed E-state index contributed by atoms with van der Waals surface area (Å²) < 4.78 is 5.66. The number of carbonyl (C=O) groups is 1. The third-order valence-electron chi connectivity index (χ3n) is 4.07. The molecule has 0 saturated heterocycles. The van der Waals surface area contributed by atoms with Crippen molar-refractivity contribution in [2.75, 3.05) is 5.32 Å². The number of para-hydroxylation sites is 1. The van der Waals surface area contributed by atoms with E-state index in [4.69, 9.17) is 16.6 Å². The number of fused-ring (bicyclic) bond motifs is 1. The van der Waals surface area contributed by atoms with Gasteiger partial charge < -0.3 is 9.73 Å². The number of rotatable bonds is 3. The number of furan rings is 1. The van der Waals surface area contributed by atoms with Crippen LogP contribution in [0.25, 0.3) is 22.2 Å². The summed E-state index contributed by atoms with van der Waals surface area (Å²) in [6.45, 7) is 1.85. The standard InChI is InChI=1S/C20H15N3O2S2/c1-12-14-9-5-6-10-16(14)25-17(12)18(24)22-19(26)23-20-21-15(11-27-20)13-7-3-2-4-8-13/h2-11H,1H3,(H2,21,22,23,24,26). The summed E-state index contributed by atoms with van der Waals surface area (Å²) in [5, 5.41) is 9.23. The van der Waals surface area contributed by atoms with Crippen LogP contribution in [0, 0.1) is 6.92 Å². The van der Waals surface area contributed by atoms with Crippen LogP contribution in [0.3, 0.4) is 0 Å². The summed E-state index contributed by atoms with van der Waals surface area (Å²) in [5.41, 5.74) is 3.33. The van der Waals surface area contributed by atoms with E-state index in [2.05, 4.69) is 15.6 Å². The van der Waals surface area contributed by atoms with Crippen molar-refractivity contribution in [1.82, 2.24) is 10.3 Å². The molecule has 0 aliphatic heterocycles. The summed E-state index contributed by atoms with van der Waals surface area (Å²) in [6, 6.07) is 17.4. The van der Waals surface area contributed by atoms with E-state index in [1.807, 2.05) is 66.9 Å². The molecule has 2 N–H and O–H groups in total. The highest BCUT2D eigenvalue weighted by Gasteiger charge is 2.18. The number of thiazole rings is 1. The number of aryl methyl sites for hydroxylation is 1. The molecule has 7 heteroatoms. The van der Waals surface area contributed by atoms with Crippen molar-refractivity contribution >= 4 is 50.7 Å². The topological polar surface area (TPSA) is 67.2 Å². The summed E-state index contributed by atoms with van der Waals surface area (Å²) >= 11 is 6.66. The average Bonchev–Trinajstić information content (AvgIpc) is 3.27. The molecule has 2 heterocycles. The number of hydrogen-bond donors (Lipinski definition) is 2. The molecule has 0 saturated carbocycles. The maximum atomic E-state index is 12.5. The lowest BCUT2D eigenvalue weighted by Crippen LogP contribution is -2.34. The minimum absolute atomic E-state index is 0.175. The molecule has 0 atom stereocenters. The second-order valence-corrected chi connectivity index (χ2v) is 7.13. The van der Waals surface area contributed by atoms with Gasteiger partial charge in [-0.3, -0.25) is 10.1 Å². The van der Waals surface area contributed by atoms with Gasteiger partial charge in [0.05, 0.1) is 5.69 Å². The zero-order valence-corrected chi connectivity index (χ0v) is 16.0. The molecule has 0 bridgehead atoms. The Morgan fingerprint density at radius 1 is 1.11 bits per heavy atom. The van der Waals surface area contributed by atoms with Gasteiger partial charge in [-0.15, -0.1) is 11.3 Å². The van der Waals surface area contributed by atoms with E-state index < -0.39 is 0 Å². The molecule has 0 radical (unpaired) electrons. The van der Waals surface area contributed by atoms with Crippen molar-refractivity contribution in [3.63, 3.8) is 0 Å². The number of thiocarbonyl (C=S) groups is 1. The number of aromatic nitrogens is 1. The van der Waals surface area contributed by atoms with Crippen molar-refractivity contribution in [2.45, 2.75) is 6.92 Å². The first-order chi connectivity index (χ1) is 13.1. The molecule has 4 rings (SSSR count). The fraction of sp³-hybridized carbons (Fsp3) is 0.0500. The Hall–Kier alpha value is -3.03. The van der Waals surface area contributed by atoms with Gasteiger partial charge in [-0.05, 0) is 25.2 Å². The number of amides is 1. The second kappa shape index (κ2) is 7.30. The van der Waals surface area contributed by atoms with Crippen LogP contribution in [0.2, 0.25) is 0 Å². The van der Waals surface area contributed by atoms with Crippen LogP contribution in [0.4, 0.5) is 5.13 Å². The predicted octanol–water partition coefficient (Wildman–Crippen LogP) is 4.99. The number of nitrogens with zero attached hydrogens (tertiary/aromatic N) is 1. The van der Waals surface area contributed by atoms with E-state index in [9.17, 15) is 4.79 Å². The Bertz CT molecular complexity index is 1130. The van der Waals surface area contributed by atoms with Gasteiger partial charge in [-0.25, -0.2) is 4.98 Å². The molecule has 0 aliphatic rings. The number of carbonyl (C=O) groups excluding carboxylic acids is 1. The van der Waals surface area contributed by atoms with Crippen molar-refractivity contribution in [2.24, 2.45) is 0 Å². The Morgan fingerprint density at radius 2 is 1.85 bits per heavy atom. The summed E-state index contributed by atoms with van der Waals surface area (Å²) in [7, 11) is 0. The lowest BCUT2D eigenvalue weighted by Gasteiger charge is -2.06. The van der Waals surface area contributed by atoms with Crippen LogP contribution in [0.15, 0.2) is 64.4 Å². The molecule has 4 aromatic rings. The minimum atomic E-state index is -0.388. The first-order valence-corrected chi connectivity index (χ1v) is 9.52. The molecule has 0 unspecified atom stereocenters. The van der Waals surface area contributed by atoms with Gasteiger partial charge in [0.2, 0.25) is 0 Å². The van der Waals surface area contributed by atoms with Gasteiger partial charge in [-0.1, -0.05) is 48.5 Å². The Kier molecular flexibility index (Phi) is 4.70. The molecule has 0 fully saturated rings. The Labute approximate surface area is 165 Å². The molecular weight excluding hydrogens is 378 g/mol. The monoisotopic (exact) mass is 393 g/mol. The third-order valence-corrected chi connectivity index (χ3v) is 5.03. The highest BCUT2D eigenvalue weighted by Crippen LogP contribution is 2.26. The van der Waals surface area contributed by atoms with Crippen molar-refractivity contribution in [3.8, 4) is 11.3 Å². The van der Waals surface area contributed by atoms with Crippen LogP contribution < -0.4 is 10.6 Å². The fourth-order valence-corrected chi connectivity index (χ4v) is 3.73. The molecule has 1 amide bonds. The third kappa shape index (κ3) is 3.60. The zero-order chi connectivity index (χ0) is 18.8. The average molecular weight is 393 g/mol. The van der Waals surface area contributed by atoms with Gasteiger partial charge >= 0.3 is 0 Å². The number of benzene rings is 2. The number of anilines is 1.